The Morgan fingerprint density at radius 2 is 1.86 bits per heavy atom. The topological polar surface area (TPSA) is 87.5 Å². The summed E-state index contributed by atoms with van der Waals surface area (Å²) < 4.78 is 18.1. The Labute approximate surface area is 168 Å². The van der Waals surface area contributed by atoms with Gasteiger partial charge in [0.15, 0.2) is 16.7 Å². The number of hydrogen-bond acceptors (Lipinski definition) is 7. The van der Waals surface area contributed by atoms with E-state index in [-0.39, 0.29) is 11.7 Å². The molecule has 9 heteroatoms. The van der Waals surface area contributed by atoms with Gasteiger partial charge in [-0.05, 0) is 37.5 Å². The number of ether oxygens (including phenoxy) is 3. The lowest BCUT2D eigenvalue weighted by Crippen LogP contribution is -2.24. The van der Waals surface area contributed by atoms with Gasteiger partial charge in [0.05, 0.1) is 27.1 Å². The van der Waals surface area contributed by atoms with E-state index >= 15 is 0 Å². The molecule has 0 radical (unpaired) electrons. The minimum Gasteiger partial charge on any atom is -0.493 e. The van der Waals surface area contributed by atoms with Gasteiger partial charge in [-0.15, -0.1) is 10.2 Å². The van der Waals surface area contributed by atoms with Crippen LogP contribution < -0.4 is 19.5 Å². The molecule has 1 amide bonds. The summed E-state index contributed by atoms with van der Waals surface area (Å²) in [5.74, 6) is 3.44. The smallest absolute Gasteiger partial charge is 0.230 e. The van der Waals surface area contributed by atoms with Gasteiger partial charge in [0.2, 0.25) is 11.7 Å². The van der Waals surface area contributed by atoms with E-state index in [0.29, 0.717) is 29.7 Å². The number of carbonyl (C=O) groups excluding carboxylic acids is 1. The van der Waals surface area contributed by atoms with Crippen molar-refractivity contribution in [3.63, 3.8) is 0 Å². The summed E-state index contributed by atoms with van der Waals surface area (Å²) in [6.07, 6.45) is 2.36. The molecule has 28 heavy (non-hydrogen) atoms. The maximum Gasteiger partial charge on any atom is 0.230 e. The van der Waals surface area contributed by atoms with Gasteiger partial charge in [0, 0.05) is 19.0 Å². The molecule has 0 bridgehead atoms. The number of rotatable bonds is 10. The van der Waals surface area contributed by atoms with E-state index in [1.165, 1.54) is 24.6 Å². The molecule has 8 nitrogen and oxygen atoms in total. The lowest BCUT2D eigenvalue weighted by molar-refractivity contribution is -0.118. The largest absolute Gasteiger partial charge is 0.493 e. The summed E-state index contributed by atoms with van der Waals surface area (Å²) >= 11 is 1.41. The third-order valence-corrected chi connectivity index (χ3v) is 5.52. The summed E-state index contributed by atoms with van der Waals surface area (Å²) in [6, 6.07) is 3.65. The molecule has 0 atom stereocenters. The van der Waals surface area contributed by atoms with Crippen LogP contribution in [0.15, 0.2) is 17.3 Å². The second kappa shape index (κ2) is 9.18. The Morgan fingerprint density at radius 1 is 1.18 bits per heavy atom. The van der Waals surface area contributed by atoms with Crippen LogP contribution in [-0.2, 0) is 17.9 Å². The molecule has 0 spiro atoms. The molecule has 0 aliphatic heterocycles. The molecule has 1 fully saturated rings. The van der Waals surface area contributed by atoms with Crippen LogP contribution in [0.25, 0.3) is 0 Å². The summed E-state index contributed by atoms with van der Waals surface area (Å²) in [5, 5.41) is 12.3. The number of benzene rings is 1. The average molecular weight is 407 g/mol. The number of nitrogens with one attached hydrogen (secondary N) is 1. The highest BCUT2D eigenvalue weighted by atomic mass is 32.2. The first kappa shape index (κ1) is 20.3. The van der Waals surface area contributed by atoms with Crippen LogP contribution in [0.5, 0.6) is 17.2 Å². The lowest BCUT2D eigenvalue weighted by Gasteiger charge is -2.14. The molecule has 1 aromatic heterocycles. The van der Waals surface area contributed by atoms with Crippen molar-refractivity contribution < 1.29 is 19.0 Å². The van der Waals surface area contributed by atoms with Crippen molar-refractivity contribution in [3.8, 4) is 17.2 Å². The second-order valence-electron chi connectivity index (χ2n) is 6.46. The average Bonchev–Trinajstić information content (AvgIpc) is 3.49. The normalized spacial score (nSPS) is 13.3. The quantitative estimate of drug-likeness (QED) is 0.607. The number of carbonyl (C=O) groups is 1. The fraction of sp³-hybridized carbons (Fsp3) is 0.526. The number of amides is 1. The van der Waals surface area contributed by atoms with E-state index in [1.807, 2.05) is 12.1 Å². The second-order valence-corrected chi connectivity index (χ2v) is 7.40. The molecule has 1 heterocycles. The third kappa shape index (κ3) is 4.52. The monoisotopic (exact) mass is 406 g/mol. The van der Waals surface area contributed by atoms with Crippen LogP contribution in [0.2, 0.25) is 0 Å². The molecule has 3 rings (SSSR count). The van der Waals surface area contributed by atoms with Gasteiger partial charge in [0.1, 0.15) is 5.82 Å². The van der Waals surface area contributed by atoms with Crippen molar-refractivity contribution in [1.29, 1.82) is 0 Å². The molecular weight excluding hydrogens is 380 g/mol. The fourth-order valence-corrected chi connectivity index (χ4v) is 3.81. The van der Waals surface area contributed by atoms with Crippen molar-refractivity contribution in [3.05, 3.63) is 23.5 Å². The maximum absolute atomic E-state index is 12.3. The molecule has 152 valence electrons. The first-order chi connectivity index (χ1) is 13.6. The minimum absolute atomic E-state index is 0.0719. The Morgan fingerprint density at radius 3 is 2.39 bits per heavy atom. The summed E-state index contributed by atoms with van der Waals surface area (Å²) in [5.41, 5.74) is 0.862. The van der Waals surface area contributed by atoms with Crippen LogP contribution in [0.3, 0.4) is 0 Å². The van der Waals surface area contributed by atoms with Crippen LogP contribution in [0.1, 0.15) is 37.1 Å². The standard InChI is InChI=1S/C19H26N4O4S/c1-5-23-18(13-6-7-13)21-22-19(23)28-11-16(24)20-10-12-8-14(25-2)17(27-4)15(9-12)26-3/h8-9,13H,5-7,10-11H2,1-4H3,(H,20,24). The Bertz CT molecular complexity index is 810. The summed E-state index contributed by atoms with van der Waals surface area (Å²) in [4.78, 5) is 12.3. The summed E-state index contributed by atoms with van der Waals surface area (Å²) in [7, 11) is 4.69. The van der Waals surface area contributed by atoms with Crippen LogP contribution in [-0.4, -0.2) is 47.8 Å². The SMILES string of the molecule is CCn1c(SCC(=O)NCc2cc(OC)c(OC)c(OC)c2)nnc1C1CC1. The van der Waals surface area contributed by atoms with Crippen LogP contribution in [0.4, 0.5) is 0 Å². The van der Waals surface area contributed by atoms with Gasteiger partial charge in [-0.25, -0.2) is 0 Å². The molecule has 1 N–H and O–H groups in total. The highest BCUT2D eigenvalue weighted by molar-refractivity contribution is 7.99. The van der Waals surface area contributed by atoms with Crippen molar-refractivity contribution in [1.82, 2.24) is 20.1 Å². The van der Waals surface area contributed by atoms with Crippen molar-refractivity contribution >= 4 is 17.7 Å². The van der Waals surface area contributed by atoms with Gasteiger partial charge in [-0.2, -0.15) is 0 Å². The zero-order valence-electron chi connectivity index (χ0n) is 16.7. The number of thioether (sulfide) groups is 1. The Hall–Kier alpha value is -2.42. The van der Waals surface area contributed by atoms with Crippen LogP contribution >= 0.6 is 11.8 Å². The molecular formula is C19H26N4O4S. The predicted octanol–water partition coefficient (Wildman–Crippen LogP) is 2.61. The van der Waals surface area contributed by atoms with Gasteiger partial charge in [-0.3, -0.25) is 4.79 Å². The van der Waals surface area contributed by atoms with E-state index in [0.717, 1.165) is 23.1 Å². The van der Waals surface area contributed by atoms with Gasteiger partial charge < -0.3 is 24.1 Å². The number of aromatic nitrogens is 3. The zero-order chi connectivity index (χ0) is 20.1. The van der Waals surface area contributed by atoms with Crippen molar-refractivity contribution in [2.45, 2.75) is 43.9 Å². The first-order valence-corrected chi connectivity index (χ1v) is 10.2. The Balaban J connectivity index is 1.57. The van der Waals surface area contributed by atoms with E-state index in [1.54, 1.807) is 21.3 Å². The van der Waals surface area contributed by atoms with Gasteiger partial charge in [-0.1, -0.05) is 11.8 Å². The maximum atomic E-state index is 12.3. The molecule has 1 aromatic carbocycles. The number of nitrogens with zero attached hydrogens (tertiary/aromatic N) is 3. The minimum atomic E-state index is -0.0719. The molecule has 0 unspecified atom stereocenters. The molecule has 1 aliphatic rings. The number of hydrogen-bond donors (Lipinski definition) is 1. The van der Waals surface area contributed by atoms with E-state index in [2.05, 4.69) is 27.0 Å². The zero-order valence-corrected chi connectivity index (χ0v) is 17.5. The molecule has 2 aromatic rings. The molecule has 1 saturated carbocycles. The molecule has 0 saturated heterocycles. The van der Waals surface area contributed by atoms with E-state index in [4.69, 9.17) is 14.2 Å². The number of methoxy groups -OCH3 is 3. The third-order valence-electron chi connectivity index (χ3n) is 4.55. The highest BCUT2D eigenvalue weighted by Gasteiger charge is 2.30. The van der Waals surface area contributed by atoms with Crippen molar-refractivity contribution in [2.75, 3.05) is 27.1 Å². The van der Waals surface area contributed by atoms with E-state index < -0.39 is 0 Å². The van der Waals surface area contributed by atoms with Gasteiger partial charge in [0.25, 0.3) is 0 Å². The van der Waals surface area contributed by atoms with E-state index in [9.17, 15) is 4.79 Å². The lowest BCUT2D eigenvalue weighted by atomic mass is 10.2. The summed E-state index contributed by atoms with van der Waals surface area (Å²) in [6.45, 7) is 3.25. The molecule has 1 aliphatic carbocycles. The van der Waals surface area contributed by atoms with Gasteiger partial charge >= 0.3 is 0 Å². The van der Waals surface area contributed by atoms with Crippen molar-refractivity contribution in [2.24, 2.45) is 0 Å². The highest BCUT2D eigenvalue weighted by Crippen LogP contribution is 2.40. The fourth-order valence-electron chi connectivity index (χ4n) is 2.97. The predicted molar refractivity (Wildman–Crippen MR) is 106 cm³/mol. The van der Waals surface area contributed by atoms with Crippen LogP contribution in [0, 0.1) is 0 Å². The first-order valence-electron chi connectivity index (χ1n) is 9.22. The Kier molecular flexibility index (Phi) is 6.66.